The molecule has 1 saturated heterocycles. The fraction of sp³-hybridized carbons (Fsp3) is 1.00. The largest absolute Gasteiger partial charge is 0.522 e. The van der Waals surface area contributed by atoms with Crippen molar-refractivity contribution in [3.05, 3.63) is 0 Å². The van der Waals surface area contributed by atoms with Gasteiger partial charge < -0.3 is 10.2 Å². The summed E-state index contributed by atoms with van der Waals surface area (Å²) >= 11 is 0. The zero-order valence-corrected chi connectivity index (χ0v) is 9.52. The third-order valence-corrected chi connectivity index (χ3v) is 2.85. The first-order chi connectivity index (χ1) is 7.49. The van der Waals surface area contributed by atoms with E-state index in [1.165, 1.54) is 12.8 Å². The van der Waals surface area contributed by atoms with Crippen molar-refractivity contribution < 1.29 is 17.9 Å². The topological polar surface area (TPSA) is 24.5 Å². The van der Waals surface area contributed by atoms with Gasteiger partial charge in [-0.05, 0) is 26.4 Å². The number of halogens is 3. The molecule has 1 N–H and O–H groups in total. The highest BCUT2D eigenvalue weighted by atomic mass is 19.4. The van der Waals surface area contributed by atoms with Gasteiger partial charge in [0.1, 0.15) is 0 Å². The van der Waals surface area contributed by atoms with Crippen LogP contribution in [0.4, 0.5) is 13.2 Å². The minimum Gasteiger partial charge on any atom is -0.313 e. The van der Waals surface area contributed by atoms with Gasteiger partial charge in [0.05, 0.1) is 6.61 Å². The Labute approximate surface area is 93.9 Å². The van der Waals surface area contributed by atoms with Gasteiger partial charge in [0.15, 0.2) is 0 Å². The van der Waals surface area contributed by atoms with E-state index in [9.17, 15) is 13.2 Å². The molecule has 96 valence electrons. The molecule has 3 nitrogen and oxygen atoms in total. The van der Waals surface area contributed by atoms with Gasteiger partial charge in [-0.15, -0.1) is 13.2 Å². The van der Waals surface area contributed by atoms with Crippen molar-refractivity contribution in [2.24, 2.45) is 0 Å². The second-order valence-electron chi connectivity index (χ2n) is 4.13. The lowest BCUT2D eigenvalue weighted by molar-refractivity contribution is -0.323. The first kappa shape index (κ1) is 13.7. The first-order valence-electron chi connectivity index (χ1n) is 5.60. The van der Waals surface area contributed by atoms with E-state index in [1.807, 2.05) is 0 Å². The van der Waals surface area contributed by atoms with Crippen molar-refractivity contribution >= 4 is 0 Å². The lowest BCUT2D eigenvalue weighted by Crippen LogP contribution is -2.43. The highest BCUT2D eigenvalue weighted by Crippen LogP contribution is 2.15. The number of likely N-dealkylation sites (N-methyl/N-ethyl adjacent to an activating group) is 1. The minimum atomic E-state index is -4.51. The molecule has 0 radical (unpaired) electrons. The molecular formula is C10H19F3N2O. The second kappa shape index (κ2) is 6.42. The first-order valence-corrected chi connectivity index (χ1v) is 5.60. The molecule has 1 aliphatic rings. The van der Waals surface area contributed by atoms with E-state index in [-0.39, 0.29) is 13.2 Å². The molecule has 0 aromatic carbocycles. The molecule has 1 fully saturated rings. The standard InChI is InChI=1S/C10H19F3N2O/c1-15-6-3-2-4-9(15)8-14-5-7-16-10(11,12)13/h9,14H,2-8H2,1H3. The summed E-state index contributed by atoms with van der Waals surface area (Å²) in [4.78, 5) is 2.25. The summed E-state index contributed by atoms with van der Waals surface area (Å²) in [7, 11) is 2.05. The van der Waals surface area contributed by atoms with Gasteiger partial charge in [-0.1, -0.05) is 6.42 Å². The number of likely N-dealkylation sites (tertiary alicyclic amines) is 1. The summed E-state index contributed by atoms with van der Waals surface area (Å²) in [6.07, 6.45) is -0.979. The van der Waals surface area contributed by atoms with Crippen molar-refractivity contribution in [2.45, 2.75) is 31.7 Å². The van der Waals surface area contributed by atoms with Crippen LogP contribution in [0.5, 0.6) is 0 Å². The fourth-order valence-corrected chi connectivity index (χ4v) is 1.91. The number of hydrogen-bond acceptors (Lipinski definition) is 3. The Morgan fingerprint density at radius 3 is 2.75 bits per heavy atom. The zero-order valence-electron chi connectivity index (χ0n) is 9.52. The molecule has 1 rings (SSSR count). The maximum Gasteiger partial charge on any atom is 0.522 e. The van der Waals surface area contributed by atoms with Gasteiger partial charge in [-0.3, -0.25) is 4.74 Å². The van der Waals surface area contributed by atoms with Gasteiger partial charge in [-0.2, -0.15) is 0 Å². The number of alkyl halides is 3. The van der Waals surface area contributed by atoms with Crippen LogP contribution in [0.2, 0.25) is 0 Å². The fourth-order valence-electron chi connectivity index (χ4n) is 1.91. The van der Waals surface area contributed by atoms with Crippen LogP contribution in [-0.4, -0.2) is 50.6 Å². The Kier molecular flexibility index (Phi) is 5.51. The lowest BCUT2D eigenvalue weighted by atomic mass is 10.0. The van der Waals surface area contributed by atoms with Crippen LogP contribution in [0.25, 0.3) is 0 Å². The van der Waals surface area contributed by atoms with E-state index in [1.54, 1.807) is 0 Å². The van der Waals surface area contributed by atoms with Crippen LogP contribution >= 0.6 is 0 Å². The Bertz CT molecular complexity index is 199. The molecule has 0 aliphatic carbocycles. The van der Waals surface area contributed by atoms with Crippen molar-refractivity contribution in [3.63, 3.8) is 0 Å². The Morgan fingerprint density at radius 1 is 1.38 bits per heavy atom. The molecule has 1 atom stereocenters. The Balaban J connectivity index is 2.02. The number of hydrogen-bond donors (Lipinski definition) is 1. The molecule has 0 saturated carbocycles. The molecule has 6 heteroatoms. The van der Waals surface area contributed by atoms with Crippen LogP contribution in [-0.2, 0) is 4.74 Å². The van der Waals surface area contributed by atoms with E-state index < -0.39 is 6.36 Å². The van der Waals surface area contributed by atoms with Crippen LogP contribution < -0.4 is 5.32 Å². The van der Waals surface area contributed by atoms with Gasteiger partial charge in [0.2, 0.25) is 0 Å². The summed E-state index contributed by atoms with van der Waals surface area (Å²) in [6, 6.07) is 0.444. The van der Waals surface area contributed by atoms with Crippen LogP contribution in [0.15, 0.2) is 0 Å². The predicted molar refractivity (Wildman–Crippen MR) is 55.1 cm³/mol. The van der Waals surface area contributed by atoms with Gasteiger partial charge in [-0.25, -0.2) is 0 Å². The molecule has 0 amide bonds. The van der Waals surface area contributed by atoms with E-state index >= 15 is 0 Å². The van der Waals surface area contributed by atoms with Gasteiger partial charge in [0.25, 0.3) is 0 Å². The molecule has 0 bridgehead atoms. The van der Waals surface area contributed by atoms with E-state index in [2.05, 4.69) is 22.0 Å². The normalized spacial score (nSPS) is 23.6. The third kappa shape index (κ3) is 5.67. The summed E-state index contributed by atoms with van der Waals surface area (Å²) in [5, 5.41) is 2.99. The lowest BCUT2D eigenvalue weighted by Gasteiger charge is -2.32. The monoisotopic (exact) mass is 240 g/mol. The Hall–Kier alpha value is -0.330. The van der Waals surface area contributed by atoms with Crippen molar-refractivity contribution in [1.82, 2.24) is 10.2 Å². The molecule has 1 unspecified atom stereocenters. The summed E-state index contributed by atoms with van der Waals surface area (Å²) < 4.78 is 38.6. The average molecular weight is 240 g/mol. The molecular weight excluding hydrogens is 221 g/mol. The highest BCUT2D eigenvalue weighted by molar-refractivity contribution is 4.75. The Morgan fingerprint density at radius 2 is 2.12 bits per heavy atom. The second-order valence-corrected chi connectivity index (χ2v) is 4.13. The number of nitrogens with zero attached hydrogens (tertiary/aromatic N) is 1. The van der Waals surface area contributed by atoms with E-state index in [0.717, 1.165) is 19.5 Å². The molecule has 1 aliphatic heterocycles. The molecule has 1 heterocycles. The quantitative estimate of drug-likeness (QED) is 0.739. The predicted octanol–water partition coefficient (Wildman–Crippen LogP) is 1.60. The molecule has 0 aromatic heterocycles. The van der Waals surface area contributed by atoms with Crippen LogP contribution in [0, 0.1) is 0 Å². The SMILES string of the molecule is CN1CCCCC1CNCCOC(F)(F)F. The van der Waals surface area contributed by atoms with Gasteiger partial charge in [0, 0.05) is 19.1 Å². The average Bonchev–Trinajstić information content (AvgIpc) is 2.18. The molecule has 0 aromatic rings. The van der Waals surface area contributed by atoms with Gasteiger partial charge >= 0.3 is 6.36 Å². The van der Waals surface area contributed by atoms with Crippen molar-refractivity contribution in [2.75, 3.05) is 33.3 Å². The number of ether oxygens (including phenoxy) is 1. The summed E-state index contributed by atoms with van der Waals surface area (Å²) in [5.74, 6) is 0. The zero-order chi connectivity index (χ0) is 12.0. The number of nitrogens with one attached hydrogen (secondary N) is 1. The maximum atomic E-state index is 11.6. The smallest absolute Gasteiger partial charge is 0.313 e. The highest BCUT2D eigenvalue weighted by Gasteiger charge is 2.28. The van der Waals surface area contributed by atoms with Crippen LogP contribution in [0.3, 0.4) is 0 Å². The molecule has 0 spiro atoms. The minimum absolute atomic E-state index is 0.240. The summed E-state index contributed by atoms with van der Waals surface area (Å²) in [6.45, 7) is 1.73. The maximum absolute atomic E-state index is 11.6. The number of piperidine rings is 1. The van der Waals surface area contributed by atoms with Crippen molar-refractivity contribution in [3.8, 4) is 0 Å². The third-order valence-electron chi connectivity index (χ3n) is 2.85. The van der Waals surface area contributed by atoms with E-state index in [4.69, 9.17) is 0 Å². The van der Waals surface area contributed by atoms with E-state index in [0.29, 0.717) is 6.04 Å². The molecule has 16 heavy (non-hydrogen) atoms. The van der Waals surface area contributed by atoms with Crippen molar-refractivity contribution in [1.29, 1.82) is 0 Å². The van der Waals surface area contributed by atoms with Crippen LogP contribution in [0.1, 0.15) is 19.3 Å². The summed E-state index contributed by atoms with van der Waals surface area (Å²) in [5.41, 5.74) is 0. The number of rotatable bonds is 5.